The molecule has 31 heavy (non-hydrogen) atoms. The number of piperidine rings is 1. The van der Waals surface area contributed by atoms with Crippen molar-refractivity contribution in [2.24, 2.45) is 5.92 Å². The van der Waals surface area contributed by atoms with Gasteiger partial charge in [-0.1, -0.05) is 66.7 Å². The monoisotopic (exact) mass is 413 g/mol. The second-order valence-electron chi connectivity index (χ2n) is 8.84. The van der Waals surface area contributed by atoms with Gasteiger partial charge in [0.2, 0.25) is 0 Å². The van der Waals surface area contributed by atoms with Gasteiger partial charge in [0.15, 0.2) is 5.78 Å². The lowest BCUT2D eigenvalue weighted by molar-refractivity contribution is 0.0485. The van der Waals surface area contributed by atoms with E-state index in [2.05, 4.69) is 13.0 Å². The Balaban J connectivity index is 1.30. The largest absolute Gasteiger partial charge is 0.445 e. The number of aryl methyl sites for hydroxylation is 1. The molecule has 0 aromatic heterocycles. The van der Waals surface area contributed by atoms with E-state index in [9.17, 15) is 9.59 Å². The number of hydrogen-bond acceptors (Lipinski definition) is 3. The van der Waals surface area contributed by atoms with Crippen LogP contribution in [-0.4, -0.2) is 28.9 Å². The van der Waals surface area contributed by atoms with Gasteiger partial charge in [-0.15, -0.1) is 0 Å². The SMILES string of the molecule is Cc1ccc(C(=O)C2CC3CCC(C2)N3C(=O)OCc2ccccc2)c2ccccc12. The van der Waals surface area contributed by atoms with Crippen LogP contribution < -0.4 is 0 Å². The molecule has 2 heterocycles. The summed E-state index contributed by atoms with van der Waals surface area (Å²) in [6.45, 7) is 2.36. The highest BCUT2D eigenvalue weighted by atomic mass is 16.6. The molecule has 0 saturated carbocycles. The number of nitrogens with zero attached hydrogens (tertiary/aromatic N) is 1. The molecule has 2 aliphatic rings. The maximum absolute atomic E-state index is 13.5. The predicted molar refractivity (Wildman–Crippen MR) is 121 cm³/mol. The first kappa shape index (κ1) is 19.8. The molecule has 2 unspecified atom stereocenters. The number of carbonyl (C=O) groups excluding carboxylic acids is 2. The Morgan fingerprint density at radius 3 is 2.23 bits per heavy atom. The Kier molecular flexibility index (Phi) is 5.23. The highest BCUT2D eigenvalue weighted by Gasteiger charge is 2.46. The zero-order valence-electron chi connectivity index (χ0n) is 17.8. The molecule has 5 rings (SSSR count). The number of amides is 1. The summed E-state index contributed by atoms with van der Waals surface area (Å²) in [5.74, 6) is 0.173. The quantitative estimate of drug-likeness (QED) is 0.500. The van der Waals surface area contributed by atoms with Crippen molar-refractivity contribution in [2.75, 3.05) is 0 Å². The van der Waals surface area contributed by atoms with Gasteiger partial charge in [0, 0.05) is 23.6 Å². The smallest absolute Gasteiger partial charge is 0.410 e. The van der Waals surface area contributed by atoms with Crippen LogP contribution in [0.25, 0.3) is 10.8 Å². The summed E-state index contributed by atoms with van der Waals surface area (Å²) in [6.07, 6.45) is 3.09. The van der Waals surface area contributed by atoms with Gasteiger partial charge >= 0.3 is 6.09 Å². The van der Waals surface area contributed by atoms with E-state index in [1.54, 1.807) is 0 Å². The minimum atomic E-state index is -0.247. The molecule has 2 fully saturated rings. The Bertz CT molecular complexity index is 1110. The molecule has 2 saturated heterocycles. The standard InChI is InChI=1S/C27H27NO3/c1-18-11-14-25(24-10-6-5-9-23(18)24)26(29)20-15-21-12-13-22(16-20)28(21)27(30)31-17-19-7-3-2-4-8-19/h2-11,14,20-22H,12-13,15-17H2,1H3. The fourth-order valence-electron chi connectivity index (χ4n) is 5.37. The summed E-state index contributed by atoms with van der Waals surface area (Å²) in [5, 5.41) is 2.17. The number of hydrogen-bond donors (Lipinski definition) is 0. The zero-order chi connectivity index (χ0) is 21.4. The van der Waals surface area contributed by atoms with Crippen molar-refractivity contribution in [2.45, 2.75) is 51.3 Å². The van der Waals surface area contributed by atoms with Crippen molar-refractivity contribution in [1.82, 2.24) is 4.90 Å². The number of fused-ring (bicyclic) bond motifs is 3. The minimum absolute atomic E-state index is 0.0400. The Morgan fingerprint density at radius 2 is 1.52 bits per heavy atom. The van der Waals surface area contributed by atoms with E-state index in [4.69, 9.17) is 4.74 Å². The lowest BCUT2D eigenvalue weighted by Crippen LogP contribution is -2.48. The topological polar surface area (TPSA) is 46.6 Å². The van der Waals surface area contributed by atoms with Crippen molar-refractivity contribution in [3.05, 3.63) is 83.4 Å². The first-order valence-electron chi connectivity index (χ1n) is 11.1. The summed E-state index contributed by atoms with van der Waals surface area (Å²) in [4.78, 5) is 28.2. The molecule has 158 valence electrons. The molecule has 0 radical (unpaired) electrons. The van der Waals surface area contributed by atoms with E-state index in [0.717, 1.165) is 47.6 Å². The third kappa shape index (κ3) is 3.71. The van der Waals surface area contributed by atoms with Crippen molar-refractivity contribution < 1.29 is 14.3 Å². The lowest BCUT2D eigenvalue weighted by atomic mass is 9.83. The van der Waals surface area contributed by atoms with Gasteiger partial charge < -0.3 is 9.64 Å². The number of benzene rings is 3. The van der Waals surface area contributed by atoms with Gasteiger partial charge in [-0.05, 0) is 54.5 Å². The van der Waals surface area contributed by atoms with Gasteiger partial charge in [0.1, 0.15) is 6.61 Å². The van der Waals surface area contributed by atoms with Crippen LogP contribution in [0.5, 0.6) is 0 Å². The normalized spacial score (nSPS) is 22.5. The third-order valence-corrected chi connectivity index (χ3v) is 6.93. The maximum atomic E-state index is 13.5. The molecular formula is C27H27NO3. The summed E-state index contributed by atoms with van der Waals surface area (Å²) >= 11 is 0. The number of carbonyl (C=O) groups is 2. The third-order valence-electron chi connectivity index (χ3n) is 6.93. The number of Topliss-reactive ketones (excluding diaryl/α,β-unsaturated/α-hetero) is 1. The van der Waals surface area contributed by atoms with Crippen molar-refractivity contribution in [3.63, 3.8) is 0 Å². The summed E-state index contributed by atoms with van der Waals surface area (Å²) in [7, 11) is 0. The zero-order valence-corrected chi connectivity index (χ0v) is 17.8. The summed E-state index contributed by atoms with van der Waals surface area (Å²) in [6, 6.07) is 22.1. The van der Waals surface area contributed by atoms with E-state index < -0.39 is 0 Å². The molecule has 2 bridgehead atoms. The second-order valence-corrected chi connectivity index (χ2v) is 8.84. The molecule has 3 aromatic carbocycles. The predicted octanol–water partition coefficient (Wildman–Crippen LogP) is 5.91. The van der Waals surface area contributed by atoms with Crippen LogP contribution in [0.3, 0.4) is 0 Å². The van der Waals surface area contributed by atoms with Crippen LogP contribution >= 0.6 is 0 Å². The number of rotatable bonds is 4. The number of ether oxygens (including phenoxy) is 1. The molecule has 4 nitrogen and oxygen atoms in total. The first-order chi connectivity index (χ1) is 15.1. The second kappa shape index (κ2) is 8.18. The van der Waals surface area contributed by atoms with Crippen LogP contribution in [0.1, 0.15) is 47.2 Å². The maximum Gasteiger partial charge on any atom is 0.410 e. The van der Waals surface area contributed by atoms with Gasteiger partial charge in [-0.25, -0.2) is 4.79 Å². The summed E-state index contributed by atoms with van der Waals surface area (Å²) in [5.41, 5.74) is 2.98. The van der Waals surface area contributed by atoms with Crippen molar-refractivity contribution >= 4 is 22.6 Å². The molecule has 0 spiro atoms. The van der Waals surface area contributed by atoms with Crippen molar-refractivity contribution in [1.29, 1.82) is 0 Å². The van der Waals surface area contributed by atoms with E-state index in [-0.39, 0.29) is 36.5 Å². The van der Waals surface area contributed by atoms with E-state index in [1.165, 1.54) is 5.56 Å². The molecule has 2 aliphatic heterocycles. The van der Waals surface area contributed by atoms with Gasteiger partial charge in [0.25, 0.3) is 0 Å². The average molecular weight is 414 g/mol. The Morgan fingerprint density at radius 1 is 0.871 bits per heavy atom. The van der Waals surface area contributed by atoms with E-state index in [1.807, 2.05) is 65.6 Å². The minimum Gasteiger partial charge on any atom is -0.445 e. The van der Waals surface area contributed by atoms with Crippen LogP contribution in [-0.2, 0) is 11.3 Å². The fourth-order valence-corrected chi connectivity index (χ4v) is 5.37. The Hall–Kier alpha value is -3.14. The molecule has 2 atom stereocenters. The Labute approximate surface area is 182 Å². The molecule has 0 aliphatic carbocycles. The highest BCUT2D eigenvalue weighted by Crippen LogP contribution is 2.41. The molecule has 0 N–H and O–H groups in total. The van der Waals surface area contributed by atoms with Crippen LogP contribution in [0, 0.1) is 12.8 Å². The van der Waals surface area contributed by atoms with E-state index >= 15 is 0 Å². The van der Waals surface area contributed by atoms with Crippen molar-refractivity contribution in [3.8, 4) is 0 Å². The number of ketones is 1. The van der Waals surface area contributed by atoms with Gasteiger partial charge in [0.05, 0.1) is 0 Å². The van der Waals surface area contributed by atoms with E-state index in [0.29, 0.717) is 0 Å². The van der Waals surface area contributed by atoms with Gasteiger partial charge in [-0.3, -0.25) is 4.79 Å². The highest BCUT2D eigenvalue weighted by molar-refractivity contribution is 6.09. The summed E-state index contributed by atoms with van der Waals surface area (Å²) < 4.78 is 5.60. The first-order valence-corrected chi connectivity index (χ1v) is 11.1. The lowest BCUT2D eigenvalue weighted by Gasteiger charge is -2.37. The molecule has 1 amide bonds. The fraction of sp³-hybridized carbons (Fsp3) is 0.333. The van der Waals surface area contributed by atoms with Gasteiger partial charge in [-0.2, -0.15) is 0 Å². The molecular weight excluding hydrogens is 386 g/mol. The van der Waals surface area contributed by atoms with Crippen LogP contribution in [0.4, 0.5) is 4.79 Å². The molecule has 3 aromatic rings. The van der Waals surface area contributed by atoms with Crippen LogP contribution in [0.2, 0.25) is 0 Å². The average Bonchev–Trinajstić information content (AvgIpc) is 3.07. The van der Waals surface area contributed by atoms with Crippen LogP contribution in [0.15, 0.2) is 66.7 Å². The molecule has 4 heteroatoms.